The molecule has 1 aromatic rings. The molecule has 1 aromatic heterocycles. The Morgan fingerprint density at radius 1 is 1.19 bits per heavy atom. The number of nitrogens with one attached hydrogen (secondary N) is 1. The number of aryl methyl sites for hydroxylation is 1. The van der Waals surface area contributed by atoms with E-state index in [9.17, 15) is 0 Å². The van der Waals surface area contributed by atoms with E-state index in [1.807, 2.05) is 0 Å². The number of ether oxygens (including phenoxy) is 1. The molecule has 0 spiro atoms. The maximum absolute atomic E-state index is 5.38. The third-order valence-electron chi connectivity index (χ3n) is 3.50. The third kappa shape index (κ3) is 1.72. The SMILES string of the molecule is Cc1nc(C2CCOCC2)nc2c1CNC2. The van der Waals surface area contributed by atoms with E-state index in [0.29, 0.717) is 5.92 Å². The first-order valence-corrected chi connectivity index (χ1v) is 5.99. The first-order chi connectivity index (χ1) is 7.84. The second kappa shape index (κ2) is 4.11. The van der Waals surface area contributed by atoms with Gasteiger partial charge < -0.3 is 10.1 Å². The first kappa shape index (κ1) is 10.2. The normalized spacial score (nSPS) is 21.1. The Morgan fingerprint density at radius 2 is 2.00 bits per heavy atom. The topological polar surface area (TPSA) is 47.0 Å². The van der Waals surface area contributed by atoms with Gasteiger partial charge in [-0.2, -0.15) is 0 Å². The van der Waals surface area contributed by atoms with Gasteiger partial charge in [0, 0.05) is 43.5 Å². The summed E-state index contributed by atoms with van der Waals surface area (Å²) in [5.74, 6) is 1.53. The van der Waals surface area contributed by atoms with Gasteiger partial charge in [-0.3, -0.25) is 0 Å². The fourth-order valence-corrected chi connectivity index (χ4v) is 2.50. The molecule has 0 aromatic carbocycles. The highest BCUT2D eigenvalue weighted by Crippen LogP contribution is 2.26. The Bertz CT molecular complexity index is 399. The van der Waals surface area contributed by atoms with Crippen molar-refractivity contribution in [2.24, 2.45) is 0 Å². The van der Waals surface area contributed by atoms with E-state index in [2.05, 4.69) is 17.2 Å². The average molecular weight is 219 g/mol. The summed E-state index contributed by atoms with van der Waals surface area (Å²) in [6.45, 7) is 5.62. The molecule has 4 heteroatoms. The molecule has 0 radical (unpaired) electrons. The smallest absolute Gasteiger partial charge is 0.132 e. The van der Waals surface area contributed by atoms with Crippen LogP contribution in [0.5, 0.6) is 0 Å². The number of hydrogen-bond donors (Lipinski definition) is 1. The van der Waals surface area contributed by atoms with Crippen LogP contribution >= 0.6 is 0 Å². The van der Waals surface area contributed by atoms with Crippen LogP contribution in [0.15, 0.2) is 0 Å². The Labute approximate surface area is 95.4 Å². The molecule has 3 heterocycles. The molecule has 16 heavy (non-hydrogen) atoms. The zero-order valence-corrected chi connectivity index (χ0v) is 9.62. The largest absolute Gasteiger partial charge is 0.381 e. The summed E-state index contributed by atoms with van der Waals surface area (Å²) in [5.41, 5.74) is 3.65. The van der Waals surface area contributed by atoms with Crippen molar-refractivity contribution in [3.63, 3.8) is 0 Å². The Kier molecular flexibility index (Phi) is 2.61. The van der Waals surface area contributed by atoms with E-state index in [1.54, 1.807) is 0 Å². The van der Waals surface area contributed by atoms with E-state index in [4.69, 9.17) is 9.72 Å². The van der Waals surface area contributed by atoms with Crippen molar-refractivity contribution in [1.82, 2.24) is 15.3 Å². The van der Waals surface area contributed by atoms with Crippen molar-refractivity contribution in [2.45, 2.75) is 38.8 Å². The molecule has 0 atom stereocenters. The monoisotopic (exact) mass is 219 g/mol. The molecule has 0 unspecified atom stereocenters. The number of aromatic nitrogens is 2. The first-order valence-electron chi connectivity index (χ1n) is 5.99. The molecule has 1 saturated heterocycles. The maximum Gasteiger partial charge on any atom is 0.132 e. The molecule has 3 rings (SSSR count). The molecule has 0 bridgehead atoms. The molecular formula is C12H17N3O. The van der Waals surface area contributed by atoms with Crippen molar-refractivity contribution < 1.29 is 4.74 Å². The lowest BCUT2D eigenvalue weighted by Crippen LogP contribution is -2.17. The van der Waals surface area contributed by atoms with Gasteiger partial charge in [-0.05, 0) is 19.8 Å². The van der Waals surface area contributed by atoms with Gasteiger partial charge in [0.1, 0.15) is 5.82 Å². The fourth-order valence-electron chi connectivity index (χ4n) is 2.50. The molecule has 2 aliphatic rings. The molecule has 86 valence electrons. The lowest BCUT2D eigenvalue weighted by Gasteiger charge is -2.21. The molecule has 0 saturated carbocycles. The van der Waals surface area contributed by atoms with Crippen molar-refractivity contribution in [2.75, 3.05) is 13.2 Å². The minimum Gasteiger partial charge on any atom is -0.381 e. The van der Waals surface area contributed by atoms with Gasteiger partial charge in [0.25, 0.3) is 0 Å². The third-order valence-corrected chi connectivity index (χ3v) is 3.50. The predicted molar refractivity (Wildman–Crippen MR) is 60.1 cm³/mol. The summed E-state index contributed by atoms with van der Waals surface area (Å²) in [7, 11) is 0. The van der Waals surface area contributed by atoms with E-state index < -0.39 is 0 Å². The van der Waals surface area contributed by atoms with Crippen LogP contribution in [0.2, 0.25) is 0 Å². The van der Waals surface area contributed by atoms with Crippen LogP contribution in [0, 0.1) is 6.92 Å². The summed E-state index contributed by atoms with van der Waals surface area (Å²) in [6.07, 6.45) is 2.12. The summed E-state index contributed by atoms with van der Waals surface area (Å²) in [5, 5.41) is 3.33. The van der Waals surface area contributed by atoms with Crippen LogP contribution in [-0.2, 0) is 17.8 Å². The van der Waals surface area contributed by atoms with Crippen molar-refractivity contribution in [1.29, 1.82) is 0 Å². The highest BCUT2D eigenvalue weighted by Gasteiger charge is 2.22. The van der Waals surface area contributed by atoms with Crippen LogP contribution in [0.1, 0.15) is 41.5 Å². The van der Waals surface area contributed by atoms with Gasteiger partial charge in [0.05, 0.1) is 5.69 Å². The molecule has 1 N–H and O–H groups in total. The zero-order chi connectivity index (χ0) is 11.0. The summed E-state index contributed by atoms with van der Waals surface area (Å²) >= 11 is 0. The van der Waals surface area contributed by atoms with Gasteiger partial charge in [-0.1, -0.05) is 0 Å². The lowest BCUT2D eigenvalue weighted by atomic mass is 9.99. The van der Waals surface area contributed by atoms with Crippen molar-refractivity contribution >= 4 is 0 Å². The second-order valence-electron chi connectivity index (χ2n) is 4.58. The highest BCUT2D eigenvalue weighted by atomic mass is 16.5. The van der Waals surface area contributed by atoms with Crippen molar-refractivity contribution in [3.8, 4) is 0 Å². The van der Waals surface area contributed by atoms with E-state index in [-0.39, 0.29) is 0 Å². The molecule has 4 nitrogen and oxygen atoms in total. The second-order valence-corrected chi connectivity index (χ2v) is 4.58. The standard InChI is InChI=1S/C12H17N3O/c1-8-10-6-13-7-11(10)15-12(14-8)9-2-4-16-5-3-9/h9,13H,2-7H2,1H3. The van der Waals surface area contributed by atoms with Gasteiger partial charge in [-0.15, -0.1) is 0 Å². The Balaban J connectivity index is 1.92. The molecule has 0 aliphatic carbocycles. The van der Waals surface area contributed by atoms with Crippen molar-refractivity contribution in [3.05, 3.63) is 22.8 Å². The van der Waals surface area contributed by atoms with E-state index in [1.165, 1.54) is 11.3 Å². The molecule has 0 amide bonds. The summed E-state index contributed by atoms with van der Waals surface area (Å²) < 4.78 is 5.38. The quantitative estimate of drug-likeness (QED) is 0.773. The van der Waals surface area contributed by atoms with Crippen LogP contribution in [0.4, 0.5) is 0 Å². The summed E-state index contributed by atoms with van der Waals surface area (Å²) in [6, 6.07) is 0. The Morgan fingerprint density at radius 3 is 2.81 bits per heavy atom. The number of hydrogen-bond acceptors (Lipinski definition) is 4. The zero-order valence-electron chi connectivity index (χ0n) is 9.62. The lowest BCUT2D eigenvalue weighted by molar-refractivity contribution is 0.0835. The fraction of sp³-hybridized carbons (Fsp3) is 0.667. The van der Waals surface area contributed by atoms with Gasteiger partial charge in [-0.25, -0.2) is 9.97 Å². The predicted octanol–water partition coefficient (Wildman–Crippen LogP) is 1.28. The summed E-state index contributed by atoms with van der Waals surface area (Å²) in [4.78, 5) is 9.37. The number of rotatable bonds is 1. The van der Waals surface area contributed by atoms with E-state index >= 15 is 0 Å². The molecule has 2 aliphatic heterocycles. The van der Waals surface area contributed by atoms with Gasteiger partial charge in [0.15, 0.2) is 0 Å². The van der Waals surface area contributed by atoms with Crippen LogP contribution in [-0.4, -0.2) is 23.2 Å². The van der Waals surface area contributed by atoms with Gasteiger partial charge >= 0.3 is 0 Å². The maximum atomic E-state index is 5.38. The van der Waals surface area contributed by atoms with Gasteiger partial charge in [0.2, 0.25) is 0 Å². The average Bonchev–Trinajstić information content (AvgIpc) is 2.79. The Hall–Kier alpha value is -1.00. The molecular weight excluding hydrogens is 202 g/mol. The van der Waals surface area contributed by atoms with Crippen LogP contribution < -0.4 is 5.32 Å². The minimum absolute atomic E-state index is 0.498. The highest BCUT2D eigenvalue weighted by molar-refractivity contribution is 5.29. The van der Waals surface area contributed by atoms with E-state index in [0.717, 1.165) is 50.7 Å². The van der Waals surface area contributed by atoms with Crippen LogP contribution in [0.3, 0.4) is 0 Å². The molecule has 1 fully saturated rings. The van der Waals surface area contributed by atoms with Crippen LogP contribution in [0.25, 0.3) is 0 Å². The number of nitrogens with zero attached hydrogens (tertiary/aromatic N) is 2. The minimum atomic E-state index is 0.498. The number of fused-ring (bicyclic) bond motifs is 1.